The van der Waals surface area contributed by atoms with E-state index in [0.717, 1.165) is 24.8 Å². The monoisotopic (exact) mass is 315 g/mol. The molecule has 0 saturated carbocycles. The van der Waals surface area contributed by atoms with Gasteiger partial charge in [0.25, 0.3) is 11.8 Å². The van der Waals surface area contributed by atoms with Crippen molar-refractivity contribution in [3.63, 3.8) is 0 Å². The molecule has 0 atom stereocenters. The molecule has 0 unspecified atom stereocenters. The van der Waals surface area contributed by atoms with Crippen LogP contribution in [0.25, 0.3) is 0 Å². The second kappa shape index (κ2) is 6.73. The summed E-state index contributed by atoms with van der Waals surface area (Å²) in [5.74, 6) is 0.915. The van der Waals surface area contributed by atoms with Crippen molar-refractivity contribution in [3.05, 3.63) is 40.8 Å². The van der Waals surface area contributed by atoms with Crippen LogP contribution in [-0.2, 0) is 11.2 Å². The molecule has 0 aromatic heterocycles. The van der Waals surface area contributed by atoms with Crippen LogP contribution in [0.4, 0.5) is 0 Å². The molecule has 122 valence electrons. The molecule has 2 aliphatic heterocycles. The van der Waals surface area contributed by atoms with Gasteiger partial charge in [0.1, 0.15) is 5.75 Å². The zero-order valence-electron chi connectivity index (χ0n) is 13.2. The summed E-state index contributed by atoms with van der Waals surface area (Å²) in [7, 11) is 0. The lowest BCUT2D eigenvalue weighted by atomic mass is 9.99. The second-order valence-electron chi connectivity index (χ2n) is 5.73. The fourth-order valence-electron chi connectivity index (χ4n) is 2.70. The fourth-order valence-corrected chi connectivity index (χ4v) is 2.70. The van der Waals surface area contributed by atoms with Crippen molar-refractivity contribution >= 4 is 11.8 Å². The molecule has 2 heterocycles. The summed E-state index contributed by atoms with van der Waals surface area (Å²) < 4.78 is 5.77. The minimum absolute atomic E-state index is 0.0957. The van der Waals surface area contributed by atoms with Crippen molar-refractivity contribution in [2.45, 2.75) is 32.6 Å². The van der Waals surface area contributed by atoms with Gasteiger partial charge in [-0.1, -0.05) is 25.8 Å². The molecule has 0 radical (unpaired) electrons. The zero-order valence-corrected chi connectivity index (χ0v) is 13.2. The van der Waals surface area contributed by atoms with Crippen LogP contribution in [0.2, 0.25) is 0 Å². The van der Waals surface area contributed by atoms with E-state index in [4.69, 9.17) is 4.74 Å². The van der Waals surface area contributed by atoms with Gasteiger partial charge >= 0.3 is 0 Å². The summed E-state index contributed by atoms with van der Waals surface area (Å²) in [5.41, 5.74) is 2.08. The largest absolute Gasteiger partial charge is 0.441 e. The van der Waals surface area contributed by atoms with Gasteiger partial charge in [-0.2, -0.15) is 0 Å². The smallest absolute Gasteiger partial charge is 0.254 e. The van der Waals surface area contributed by atoms with Crippen LogP contribution in [-0.4, -0.2) is 25.0 Å². The summed E-state index contributed by atoms with van der Waals surface area (Å²) in [4.78, 5) is 24.0. The van der Waals surface area contributed by atoms with E-state index < -0.39 is 0 Å². The highest BCUT2D eigenvalue weighted by Gasteiger charge is 2.28. The maximum Gasteiger partial charge on any atom is 0.254 e. The highest BCUT2D eigenvalue weighted by atomic mass is 16.5. The molecule has 2 amide bonds. The van der Waals surface area contributed by atoms with E-state index in [1.807, 2.05) is 6.07 Å². The Morgan fingerprint density at radius 2 is 2.17 bits per heavy atom. The average molecular weight is 315 g/mol. The highest BCUT2D eigenvalue weighted by molar-refractivity contribution is 5.96. The maximum atomic E-state index is 12.2. The molecule has 6 nitrogen and oxygen atoms in total. The van der Waals surface area contributed by atoms with E-state index in [2.05, 4.69) is 22.9 Å². The Morgan fingerprint density at radius 1 is 1.30 bits per heavy atom. The van der Waals surface area contributed by atoms with Gasteiger partial charge in [-0.25, -0.2) is 0 Å². The van der Waals surface area contributed by atoms with E-state index in [-0.39, 0.29) is 11.8 Å². The van der Waals surface area contributed by atoms with Crippen molar-refractivity contribution in [1.29, 1.82) is 0 Å². The van der Waals surface area contributed by atoms with Gasteiger partial charge in [0.2, 0.25) is 5.88 Å². The Labute approximate surface area is 135 Å². The van der Waals surface area contributed by atoms with E-state index in [9.17, 15) is 9.59 Å². The molecule has 23 heavy (non-hydrogen) atoms. The van der Waals surface area contributed by atoms with Gasteiger partial charge in [0, 0.05) is 18.5 Å². The van der Waals surface area contributed by atoms with Crippen molar-refractivity contribution in [1.82, 2.24) is 16.0 Å². The Balaban J connectivity index is 1.70. The first-order chi connectivity index (χ1) is 11.2. The van der Waals surface area contributed by atoms with E-state index >= 15 is 0 Å². The predicted molar refractivity (Wildman–Crippen MR) is 85.8 cm³/mol. The summed E-state index contributed by atoms with van der Waals surface area (Å²) >= 11 is 0. The van der Waals surface area contributed by atoms with E-state index in [1.165, 1.54) is 0 Å². The number of hydrogen-bond acceptors (Lipinski definition) is 4. The molecule has 6 heteroatoms. The molecular weight excluding hydrogens is 294 g/mol. The van der Waals surface area contributed by atoms with Crippen LogP contribution in [0, 0.1) is 0 Å². The van der Waals surface area contributed by atoms with Crippen molar-refractivity contribution in [2.75, 3.05) is 13.2 Å². The Kier molecular flexibility index (Phi) is 4.50. The quantitative estimate of drug-likeness (QED) is 0.718. The van der Waals surface area contributed by atoms with Gasteiger partial charge in [-0.05, 0) is 24.1 Å². The molecule has 0 aliphatic carbocycles. The SMILES string of the molecule is CCCCCNC(=O)c1ccc2c(c1)OC1=C(C2)C(=O)NCN1. The first-order valence-corrected chi connectivity index (χ1v) is 8.03. The maximum absolute atomic E-state index is 12.2. The number of rotatable bonds is 5. The molecule has 2 aliphatic rings. The zero-order chi connectivity index (χ0) is 16.2. The van der Waals surface area contributed by atoms with Crippen LogP contribution in [0.5, 0.6) is 5.75 Å². The fraction of sp³-hybridized carbons (Fsp3) is 0.412. The first-order valence-electron chi connectivity index (χ1n) is 8.03. The molecule has 0 spiro atoms. The number of amides is 2. The molecule has 0 saturated heterocycles. The third-order valence-corrected chi connectivity index (χ3v) is 4.02. The van der Waals surface area contributed by atoms with Crippen LogP contribution in [0.1, 0.15) is 42.1 Å². The highest BCUT2D eigenvalue weighted by Crippen LogP contribution is 2.31. The summed E-state index contributed by atoms with van der Waals surface area (Å²) in [5, 5.41) is 8.66. The summed E-state index contributed by atoms with van der Waals surface area (Å²) in [6.07, 6.45) is 3.72. The van der Waals surface area contributed by atoms with Crippen LogP contribution < -0.4 is 20.7 Å². The van der Waals surface area contributed by atoms with E-state index in [0.29, 0.717) is 42.4 Å². The number of unbranched alkanes of at least 4 members (excludes halogenated alkanes) is 2. The van der Waals surface area contributed by atoms with Gasteiger partial charge in [0.05, 0.1) is 12.2 Å². The average Bonchev–Trinajstić information content (AvgIpc) is 2.57. The minimum Gasteiger partial charge on any atom is -0.441 e. The molecular formula is C17H21N3O3. The Bertz CT molecular complexity index is 667. The number of hydrogen-bond donors (Lipinski definition) is 3. The standard InChI is InChI=1S/C17H21N3O3/c1-2-3-4-7-18-15(21)12-6-5-11-8-13-16(22)19-10-20-17(13)23-14(11)9-12/h5-6,9,20H,2-4,7-8,10H2,1H3,(H,18,21)(H,19,22). The Hall–Kier alpha value is -2.50. The van der Waals surface area contributed by atoms with Gasteiger partial charge in [-0.15, -0.1) is 0 Å². The number of nitrogens with one attached hydrogen (secondary N) is 3. The predicted octanol–water partition coefficient (Wildman–Crippen LogP) is 1.43. The lowest BCUT2D eigenvalue weighted by Gasteiger charge is -2.27. The van der Waals surface area contributed by atoms with Crippen LogP contribution >= 0.6 is 0 Å². The molecule has 3 N–H and O–H groups in total. The molecule has 0 bridgehead atoms. The number of carbonyl (C=O) groups excluding carboxylic acids is 2. The molecule has 0 fully saturated rings. The van der Waals surface area contributed by atoms with E-state index in [1.54, 1.807) is 12.1 Å². The van der Waals surface area contributed by atoms with Crippen LogP contribution in [0.15, 0.2) is 29.7 Å². The van der Waals surface area contributed by atoms with Gasteiger partial charge < -0.3 is 20.7 Å². The number of ether oxygens (including phenoxy) is 1. The number of carbonyl (C=O) groups is 2. The minimum atomic E-state index is -0.109. The van der Waals surface area contributed by atoms with Crippen molar-refractivity contribution in [2.24, 2.45) is 0 Å². The lowest BCUT2D eigenvalue weighted by molar-refractivity contribution is -0.118. The normalized spacial score (nSPS) is 15.8. The van der Waals surface area contributed by atoms with Gasteiger partial charge in [0.15, 0.2) is 0 Å². The summed E-state index contributed by atoms with van der Waals surface area (Å²) in [6.45, 7) is 3.16. The second-order valence-corrected chi connectivity index (χ2v) is 5.73. The third kappa shape index (κ3) is 3.31. The first kappa shape index (κ1) is 15.4. The topological polar surface area (TPSA) is 79.5 Å². The number of benzene rings is 1. The van der Waals surface area contributed by atoms with Gasteiger partial charge in [-0.3, -0.25) is 9.59 Å². The molecule has 1 aromatic carbocycles. The van der Waals surface area contributed by atoms with Crippen LogP contribution in [0.3, 0.4) is 0 Å². The van der Waals surface area contributed by atoms with Crippen molar-refractivity contribution in [3.8, 4) is 5.75 Å². The lowest BCUT2D eigenvalue weighted by Crippen LogP contribution is -2.44. The third-order valence-electron chi connectivity index (χ3n) is 4.02. The summed E-state index contributed by atoms with van der Waals surface area (Å²) in [6, 6.07) is 5.36. The Morgan fingerprint density at radius 3 is 3.00 bits per heavy atom. The molecule has 1 aromatic rings. The number of fused-ring (bicyclic) bond motifs is 1. The molecule has 3 rings (SSSR count). The van der Waals surface area contributed by atoms with Crippen molar-refractivity contribution < 1.29 is 14.3 Å².